The van der Waals surface area contributed by atoms with Gasteiger partial charge < -0.3 is 35.8 Å². The number of nitrogens with zero attached hydrogens (tertiary/aromatic N) is 5. The van der Waals surface area contributed by atoms with Crippen LogP contribution in [0.5, 0.6) is 0 Å². The van der Waals surface area contributed by atoms with Crippen molar-refractivity contribution in [3.05, 3.63) is 131 Å². The molecule has 3 saturated carbocycles. The zero-order chi connectivity index (χ0) is 72.2. The summed E-state index contributed by atoms with van der Waals surface area (Å²) in [6.07, 6.45) is 9.84. The van der Waals surface area contributed by atoms with E-state index >= 15 is 0 Å². The fraction of sp³-hybridized carbons (Fsp3) is 0.560. The average Bonchev–Trinajstić information content (AvgIpc) is 0.696. The molecule has 2 bridgehead atoms. The number of hydrogen-bond donors (Lipinski definition) is 5. The van der Waals surface area contributed by atoms with Crippen molar-refractivity contribution in [2.24, 2.45) is 21.7 Å². The van der Waals surface area contributed by atoms with Crippen LogP contribution in [0.2, 0.25) is 0 Å². The van der Waals surface area contributed by atoms with Crippen molar-refractivity contribution >= 4 is 78.0 Å². The molecule has 0 radical (unpaired) electrons. The van der Waals surface area contributed by atoms with Crippen LogP contribution in [0.1, 0.15) is 167 Å². The van der Waals surface area contributed by atoms with Gasteiger partial charge in [-0.3, -0.25) is 24.1 Å². The number of amides is 4. The number of allylic oxidation sites excluding steroid dienone is 1. The maximum Gasteiger partial charge on any atom is 0.501 e. The number of aryl methyl sites for hydroxylation is 1. The van der Waals surface area contributed by atoms with Crippen molar-refractivity contribution < 1.29 is 54.3 Å². The van der Waals surface area contributed by atoms with Crippen molar-refractivity contribution in [1.82, 2.24) is 35.0 Å². The summed E-state index contributed by atoms with van der Waals surface area (Å²) < 4.78 is 100. The maximum atomic E-state index is 14.6. The number of carbonyl (C=O) groups is 4. The number of β-amino-alcohol motifs (C(OH)–C–C–N with tert-alkyl or cyclic N) is 1. The van der Waals surface area contributed by atoms with Crippen LogP contribution in [-0.2, 0) is 34.2 Å². The number of carbonyl (C=O) groups excluding carboxylic acids is 4. The van der Waals surface area contributed by atoms with Gasteiger partial charge in [-0.25, -0.2) is 26.5 Å². The van der Waals surface area contributed by atoms with Gasteiger partial charge in [0.2, 0.25) is 17.7 Å². The molecule has 25 heteroatoms. The first-order valence-corrected chi connectivity index (χ1v) is 40.1. The number of hydrogen-bond acceptors (Lipinski definition) is 16. The van der Waals surface area contributed by atoms with E-state index in [-0.39, 0.29) is 30.9 Å². The van der Waals surface area contributed by atoms with E-state index in [9.17, 15) is 54.3 Å². The Morgan fingerprint density at radius 1 is 0.850 bits per heavy atom. The van der Waals surface area contributed by atoms with Crippen LogP contribution in [0.4, 0.5) is 24.5 Å². The highest BCUT2D eigenvalue weighted by Gasteiger charge is 2.67. The van der Waals surface area contributed by atoms with Gasteiger partial charge in [-0.2, -0.15) is 13.2 Å². The first-order valence-electron chi connectivity index (χ1n) is 35.2. The molecule has 0 spiro atoms. The molecule has 5 N–H and O–H groups in total. The summed E-state index contributed by atoms with van der Waals surface area (Å²) in [4.78, 5) is 67.8. The molecule has 2 aliphatic heterocycles. The molecular formula is C75H100F3N9O9S4. The minimum atomic E-state index is -6.16. The van der Waals surface area contributed by atoms with E-state index < -0.39 is 94.3 Å². The number of anilines is 2. The predicted molar refractivity (Wildman–Crippen MR) is 389 cm³/mol. The molecule has 0 unspecified atom stereocenters. The molecule has 4 aromatic carbocycles. The molecule has 2 saturated heterocycles. The molecule has 5 atom stereocenters. The smallest absolute Gasteiger partial charge is 0.391 e. The molecule has 5 fully saturated rings. The lowest BCUT2D eigenvalue weighted by atomic mass is 9.33. The minimum absolute atomic E-state index is 0.0112. The third-order valence-electron chi connectivity index (χ3n) is 21.0. The first-order chi connectivity index (χ1) is 47.1. The summed E-state index contributed by atoms with van der Waals surface area (Å²) in [7, 11) is -11.1. The molecule has 3 heterocycles. The van der Waals surface area contributed by atoms with Gasteiger partial charge in [0.15, 0.2) is 0 Å². The summed E-state index contributed by atoms with van der Waals surface area (Å²) in [6, 6.07) is 23.1. The van der Waals surface area contributed by atoms with Crippen molar-refractivity contribution in [1.29, 1.82) is 0 Å². The Hall–Kier alpha value is -6.35. The standard InChI is InChI=1S/C75H100F3N9O9S4/c1-10-84(34-17-12-11-16-20-65(89)82-67(71(4,5)6)70(92)87-44-58(88)40-63(87)69(91)80-50(2)52-21-23-53(24-22-52)66-51(3)79-49-98-66)35-32-56(45-97-59-18-14-13-15-19-59)81-62-30-29-60(41-64(62)99(93,94)75(76,77)78)100(95,96)83-68(90)54-25-27-57(28-26-54)86-38-36-85(37-39-86)43-55-31-33-72(7,8)42-61(55)74-46-73(9,47-74)48-74/h13-15,18-19,21-30,41,49-50,56,58,63,67,81,88H,10-12,16-17,20,31-40,42-48H2,1-9H3,(H,80,91)(H,82,89)(H,83,90)/t50-,56+,58+,63-,67+,73?,74?/m0/s1. The Bertz CT molecular complexity index is 3970. The molecule has 11 rings (SSSR count). The lowest BCUT2D eigenvalue weighted by Crippen LogP contribution is -2.61. The maximum absolute atomic E-state index is 14.6. The Balaban J connectivity index is 0.709. The highest BCUT2D eigenvalue weighted by molar-refractivity contribution is 7.99. The average molecular weight is 1460 g/mol. The number of nitrogens with one attached hydrogen (secondary N) is 4. The van der Waals surface area contributed by atoms with Gasteiger partial charge in [0, 0.05) is 86.6 Å². The summed E-state index contributed by atoms with van der Waals surface area (Å²) in [6.45, 7) is 24.4. The van der Waals surface area contributed by atoms with Gasteiger partial charge in [-0.1, -0.05) is 115 Å². The Kier molecular flexibility index (Phi) is 23.9. The van der Waals surface area contributed by atoms with Crippen LogP contribution in [0.25, 0.3) is 10.4 Å². The quantitative estimate of drug-likeness (QED) is 0.0164. The van der Waals surface area contributed by atoms with Crippen molar-refractivity contribution in [3.8, 4) is 10.4 Å². The monoisotopic (exact) mass is 1460 g/mol. The number of thiazole rings is 1. The van der Waals surface area contributed by atoms with E-state index in [1.807, 2.05) is 101 Å². The summed E-state index contributed by atoms with van der Waals surface area (Å²) in [5, 5.41) is 19.8. The molecule has 1 aromatic heterocycles. The van der Waals surface area contributed by atoms with E-state index in [1.165, 1.54) is 60.9 Å². The highest BCUT2D eigenvalue weighted by atomic mass is 32.2. The molecule has 544 valence electrons. The number of sulfone groups is 1. The number of aliphatic hydroxyl groups is 1. The van der Waals surface area contributed by atoms with Crippen molar-refractivity contribution in [2.75, 3.05) is 74.9 Å². The molecule has 18 nitrogen and oxygen atoms in total. The largest absolute Gasteiger partial charge is 0.501 e. The van der Waals surface area contributed by atoms with Crippen LogP contribution in [0.15, 0.2) is 128 Å². The van der Waals surface area contributed by atoms with E-state index in [4.69, 9.17) is 0 Å². The van der Waals surface area contributed by atoms with Gasteiger partial charge in [0.1, 0.15) is 17.0 Å². The predicted octanol–water partition coefficient (Wildman–Crippen LogP) is 13.0. The molecular weight excluding hydrogens is 1360 g/mol. The van der Waals surface area contributed by atoms with E-state index in [0.717, 1.165) is 96.4 Å². The van der Waals surface area contributed by atoms with Crippen molar-refractivity contribution in [3.63, 3.8) is 0 Å². The number of piperazine rings is 1. The van der Waals surface area contributed by atoms with E-state index in [0.29, 0.717) is 67.0 Å². The number of halogens is 3. The Labute approximate surface area is 597 Å². The van der Waals surface area contributed by atoms with Gasteiger partial charge in [0.25, 0.3) is 25.8 Å². The van der Waals surface area contributed by atoms with Crippen LogP contribution in [-0.4, -0.2) is 160 Å². The number of likely N-dealkylation sites (tertiary alicyclic amines) is 1. The summed E-state index contributed by atoms with van der Waals surface area (Å²) >= 11 is 2.97. The highest BCUT2D eigenvalue weighted by Crippen LogP contribution is 2.77. The van der Waals surface area contributed by atoms with Gasteiger partial charge in [-0.15, -0.1) is 23.1 Å². The summed E-state index contributed by atoms with van der Waals surface area (Å²) in [5.41, 5.74) is 3.13. The fourth-order valence-electron chi connectivity index (χ4n) is 15.4. The number of sulfonamides is 1. The topological polar surface area (TPSA) is 231 Å². The fourth-order valence-corrected chi connectivity index (χ4v) is 19.3. The third kappa shape index (κ3) is 18.3. The van der Waals surface area contributed by atoms with Gasteiger partial charge >= 0.3 is 5.51 Å². The van der Waals surface area contributed by atoms with Crippen LogP contribution < -0.4 is 25.6 Å². The number of aliphatic hydroxyl groups excluding tert-OH is 1. The van der Waals surface area contributed by atoms with Crippen LogP contribution in [0.3, 0.4) is 0 Å². The second-order valence-electron chi connectivity index (χ2n) is 30.6. The lowest BCUT2D eigenvalue weighted by molar-refractivity contribution is -0.167. The third-order valence-corrected chi connectivity index (χ3v) is 26.0. The van der Waals surface area contributed by atoms with E-state index in [1.54, 1.807) is 40.1 Å². The molecule has 100 heavy (non-hydrogen) atoms. The Morgan fingerprint density at radius 2 is 1.53 bits per heavy atom. The first kappa shape index (κ1) is 76.3. The minimum Gasteiger partial charge on any atom is -0.391 e. The van der Waals surface area contributed by atoms with Gasteiger partial charge in [-0.05, 0) is 172 Å². The molecule has 4 amide bonds. The molecule has 6 aliphatic rings. The number of rotatable bonds is 30. The van der Waals surface area contributed by atoms with Crippen LogP contribution >= 0.6 is 23.1 Å². The number of aromatic nitrogens is 1. The SMILES string of the molecule is CCN(CCCCCCC(=O)N[C@H](C(=O)N1C[C@H](O)C[C@H]1C(=O)N[C@@H](C)c1ccc(-c2scnc2C)cc1)C(C)(C)C)CC[C@H](CSc1ccccc1)Nc1ccc(S(=O)(=O)NC(=O)c2ccc(N3CCN(CC4=C(C56CC(C)(C5)C6)CC(C)(C)CC4)CC3)cc2)cc1S(=O)(=O)C(F)(F)F. The second-order valence-corrected chi connectivity index (χ2v) is 36.2. The number of benzene rings is 4. The van der Waals surface area contributed by atoms with E-state index in [2.05, 4.69) is 56.4 Å². The second kappa shape index (κ2) is 31.3. The number of alkyl halides is 3. The van der Waals surface area contributed by atoms with Crippen LogP contribution in [0, 0.1) is 28.6 Å². The summed E-state index contributed by atoms with van der Waals surface area (Å²) in [5.74, 6) is -1.91. The zero-order valence-corrected chi connectivity index (χ0v) is 62.4. The number of unbranched alkanes of at least 4 members (excludes halogenated alkanes) is 3. The Morgan fingerprint density at radius 3 is 2.16 bits per heavy atom. The zero-order valence-electron chi connectivity index (χ0n) is 59.2. The lowest BCUT2D eigenvalue weighted by Gasteiger charge is -2.72. The van der Waals surface area contributed by atoms with Crippen molar-refractivity contribution in [2.45, 2.75) is 196 Å². The molecule has 4 aliphatic carbocycles. The molecule has 5 aromatic rings. The van der Waals surface area contributed by atoms with Gasteiger partial charge in [0.05, 0.1) is 38.8 Å². The number of thioether (sulfide) groups is 1. The normalized spacial score (nSPS) is 22.0.